The van der Waals surface area contributed by atoms with E-state index in [1.54, 1.807) is 24.3 Å². The number of thiazole rings is 1. The van der Waals surface area contributed by atoms with Crippen molar-refractivity contribution in [3.63, 3.8) is 0 Å². The van der Waals surface area contributed by atoms with Crippen LogP contribution in [0.2, 0.25) is 0 Å². The zero-order chi connectivity index (χ0) is 13.0. The van der Waals surface area contributed by atoms with Crippen LogP contribution in [0.25, 0.3) is 0 Å². The first-order valence-corrected chi connectivity index (χ1v) is 5.80. The van der Waals surface area contributed by atoms with Crippen LogP contribution < -0.4 is 10.1 Å². The van der Waals surface area contributed by atoms with Crippen molar-refractivity contribution in [2.75, 3.05) is 12.4 Å². The number of benzene rings is 1. The molecular weight excluding hydrogens is 254 g/mol. The van der Waals surface area contributed by atoms with E-state index >= 15 is 0 Å². The van der Waals surface area contributed by atoms with Crippen molar-refractivity contribution in [1.29, 1.82) is 0 Å². The number of amides is 1. The maximum Gasteiger partial charge on any atom is 0.261 e. The highest BCUT2D eigenvalue weighted by Gasteiger charge is 2.13. The molecule has 2 rings (SSSR count). The third kappa shape index (κ3) is 2.51. The lowest BCUT2D eigenvalue weighted by atomic mass is 10.2. The summed E-state index contributed by atoms with van der Waals surface area (Å²) in [4.78, 5) is 26.1. The Morgan fingerprint density at radius 1 is 1.44 bits per heavy atom. The molecule has 0 aliphatic heterocycles. The quantitative estimate of drug-likeness (QED) is 0.860. The molecule has 1 aromatic carbocycles. The third-order valence-corrected chi connectivity index (χ3v) is 2.95. The Morgan fingerprint density at radius 3 is 2.89 bits per heavy atom. The largest absolute Gasteiger partial charge is 0.496 e. The lowest BCUT2D eigenvalue weighted by Crippen LogP contribution is -2.12. The van der Waals surface area contributed by atoms with Crippen molar-refractivity contribution in [2.24, 2.45) is 5.18 Å². The zero-order valence-corrected chi connectivity index (χ0v) is 10.2. The number of para-hydroxylation sites is 1. The van der Waals surface area contributed by atoms with Gasteiger partial charge in [0.25, 0.3) is 5.91 Å². The highest BCUT2D eigenvalue weighted by molar-refractivity contribution is 7.19. The minimum Gasteiger partial charge on any atom is -0.496 e. The fourth-order valence-electron chi connectivity index (χ4n) is 1.36. The van der Waals surface area contributed by atoms with Gasteiger partial charge in [0.05, 0.1) is 18.9 Å². The molecule has 0 spiro atoms. The van der Waals surface area contributed by atoms with E-state index in [-0.39, 0.29) is 10.9 Å². The molecule has 0 saturated carbocycles. The van der Waals surface area contributed by atoms with Crippen LogP contribution in [0.1, 0.15) is 10.4 Å². The SMILES string of the molecule is COc1ccccc1C(=O)Nc1ncc(N=O)s1. The summed E-state index contributed by atoms with van der Waals surface area (Å²) in [6, 6.07) is 6.83. The topological polar surface area (TPSA) is 80.7 Å². The number of rotatable bonds is 4. The Kier molecular flexibility index (Phi) is 3.63. The number of hydrogen-bond donors (Lipinski definition) is 1. The number of hydrogen-bond acceptors (Lipinski definition) is 6. The van der Waals surface area contributed by atoms with E-state index in [1.807, 2.05) is 0 Å². The second-order valence-electron chi connectivity index (χ2n) is 3.25. The smallest absolute Gasteiger partial charge is 0.261 e. The molecule has 1 N–H and O–H groups in total. The zero-order valence-electron chi connectivity index (χ0n) is 9.41. The van der Waals surface area contributed by atoms with Gasteiger partial charge in [0.1, 0.15) is 5.75 Å². The Balaban J connectivity index is 2.19. The van der Waals surface area contributed by atoms with E-state index in [1.165, 1.54) is 13.3 Å². The van der Waals surface area contributed by atoms with Crippen molar-refractivity contribution >= 4 is 27.4 Å². The molecule has 0 aliphatic rings. The van der Waals surface area contributed by atoms with E-state index in [4.69, 9.17) is 4.74 Å². The number of carbonyl (C=O) groups is 1. The predicted molar refractivity (Wildman–Crippen MR) is 68.5 cm³/mol. The monoisotopic (exact) mass is 263 g/mol. The maximum atomic E-state index is 12.0. The molecule has 1 amide bonds. The van der Waals surface area contributed by atoms with Gasteiger partial charge in [0.2, 0.25) is 0 Å². The van der Waals surface area contributed by atoms with Crippen LogP contribution in [0, 0.1) is 4.91 Å². The van der Waals surface area contributed by atoms with Gasteiger partial charge < -0.3 is 4.74 Å². The molecule has 0 saturated heterocycles. The van der Waals surface area contributed by atoms with E-state index in [9.17, 15) is 9.70 Å². The summed E-state index contributed by atoms with van der Waals surface area (Å²) in [6.07, 6.45) is 1.30. The average Bonchev–Trinajstić information content (AvgIpc) is 2.86. The molecule has 0 atom stereocenters. The van der Waals surface area contributed by atoms with Crippen LogP contribution in [0.15, 0.2) is 35.6 Å². The van der Waals surface area contributed by atoms with Gasteiger partial charge >= 0.3 is 0 Å². The fourth-order valence-corrected chi connectivity index (χ4v) is 1.95. The molecule has 1 aromatic heterocycles. The maximum absolute atomic E-state index is 12.0. The standard InChI is InChI=1S/C11H9N3O3S/c1-17-8-5-3-2-4-7(8)10(15)13-11-12-6-9(14-16)18-11/h2-6H,1H3,(H,12,13,15). The van der Waals surface area contributed by atoms with E-state index in [0.717, 1.165) is 11.3 Å². The Bertz CT molecular complexity index is 582. The molecule has 92 valence electrons. The molecule has 6 nitrogen and oxygen atoms in total. The van der Waals surface area contributed by atoms with Gasteiger partial charge in [-0.05, 0) is 17.3 Å². The van der Waals surface area contributed by atoms with E-state index < -0.39 is 0 Å². The van der Waals surface area contributed by atoms with Crippen LogP contribution in [0.4, 0.5) is 10.1 Å². The molecule has 0 unspecified atom stereocenters. The van der Waals surface area contributed by atoms with Crippen molar-refractivity contribution in [2.45, 2.75) is 0 Å². The van der Waals surface area contributed by atoms with Crippen LogP contribution in [-0.4, -0.2) is 18.0 Å². The summed E-state index contributed by atoms with van der Waals surface area (Å²) < 4.78 is 5.08. The van der Waals surface area contributed by atoms with Gasteiger partial charge in [-0.3, -0.25) is 10.1 Å². The van der Waals surface area contributed by atoms with Crippen LogP contribution in [0.5, 0.6) is 5.75 Å². The van der Waals surface area contributed by atoms with Crippen LogP contribution in [-0.2, 0) is 0 Å². The molecule has 1 heterocycles. The van der Waals surface area contributed by atoms with Crippen LogP contribution >= 0.6 is 11.3 Å². The van der Waals surface area contributed by atoms with Gasteiger partial charge in [0.15, 0.2) is 10.1 Å². The first-order chi connectivity index (χ1) is 8.74. The Hall–Kier alpha value is -2.28. The Morgan fingerprint density at radius 2 is 2.22 bits per heavy atom. The first kappa shape index (κ1) is 12.2. The number of carbonyl (C=O) groups excluding carboxylic acids is 1. The fraction of sp³-hybridized carbons (Fsp3) is 0.0909. The summed E-state index contributed by atoms with van der Waals surface area (Å²) in [5.41, 5.74) is 0.399. The molecule has 2 aromatic rings. The van der Waals surface area contributed by atoms with Crippen molar-refractivity contribution in [1.82, 2.24) is 4.98 Å². The highest BCUT2D eigenvalue weighted by Crippen LogP contribution is 2.26. The number of nitrogens with zero attached hydrogens (tertiary/aromatic N) is 2. The summed E-state index contributed by atoms with van der Waals surface area (Å²) in [6.45, 7) is 0. The minimum absolute atomic E-state index is 0.213. The lowest BCUT2D eigenvalue weighted by Gasteiger charge is -2.06. The van der Waals surface area contributed by atoms with Crippen molar-refractivity contribution < 1.29 is 9.53 Å². The molecule has 7 heteroatoms. The summed E-state index contributed by atoms with van der Waals surface area (Å²) in [5, 5.41) is 5.85. The van der Waals surface area contributed by atoms with Gasteiger partial charge in [-0.15, -0.1) is 4.91 Å². The molecule has 0 fully saturated rings. The third-order valence-electron chi connectivity index (χ3n) is 2.16. The molecule has 0 aliphatic carbocycles. The first-order valence-electron chi connectivity index (χ1n) is 4.98. The van der Waals surface area contributed by atoms with Crippen molar-refractivity contribution in [3.8, 4) is 5.75 Å². The summed E-state index contributed by atoms with van der Waals surface area (Å²) >= 11 is 1.01. The molecule has 0 bridgehead atoms. The van der Waals surface area contributed by atoms with Crippen LogP contribution in [0.3, 0.4) is 0 Å². The number of ether oxygens (including phenoxy) is 1. The number of nitrogens with one attached hydrogen (secondary N) is 1. The molecule has 18 heavy (non-hydrogen) atoms. The number of methoxy groups -OCH3 is 1. The van der Waals surface area contributed by atoms with Gasteiger partial charge in [0, 0.05) is 0 Å². The molecule has 0 radical (unpaired) electrons. The normalized spacial score (nSPS) is 9.83. The minimum atomic E-state index is -0.348. The van der Waals surface area contributed by atoms with Crippen molar-refractivity contribution in [3.05, 3.63) is 40.9 Å². The lowest BCUT2D eigenvalue weighted by molar-refractivity contribution is 0.102. The number of nitroso groups, excluding NO2 is 1. The summed E-state index contributed by atoms with van der Waals surface area (Å²) in [7, 11) is 1.49. The molecular formula is C11H9N3O3S. The highest BCUT2D eigenvalue weighted by atomic mass is 32.1. The summed E-state index contributed by atoms with van der Waals surface area (Å²) in [5.74, 6) is 0.125. The second-order valence-corrected chi connectivity index (χ2v) is 4.26. The Labute approximate surface area is 107 Å². The predicted octanol–water partition coefficient (Wildman–Crippen LogP) is 2.80. The van der Waals surface area contributed by atoms with E-state index in [0.29, 0.717) is 16.4 Å². The number of anilines is 1. The van der Waals surface area contributed by atoms with Gasteiger partial charge in [-0.2, -0.15) is 0 Å². The average molecular weight is 263 g/mol. The second kappa shape index (κ2) is 5.37. The van der Waals surface area contributed by atoms with Gasteiger partial charge in [-0.1, -0.05) is 23.5 Å². The number of aromatic nitrogens is 1. The van der Waals surface area contributed by atoms with E-state index in [2.05, 4.69) is 15.5 Å². The van der Waals surface area contributed by atoms with Gasteiger partial charge in [-0.25, -0.2) is 4.98 Å².